The van der Waals surface area contributed by atoms with Crippen molar-refractivity contribution in [1.82, 2.24) is 4.90 Å². The van der Waals surface area contributed by atoms with E-state index in [1.54, 1.807) is 23.1 Å². The lowest BCUT2D eigenvalue weighted by Gasteiger charge is -2.24. The lowest BCUT2D eigenvalue weighted by Crippen LogP contribution is -2.41. The predicted octanol–water partition coefficient (Wildman–Crippen LogP) is 2.59. The average Bonchev–Trinajstić information content (AvgIpc) is 2.34. The highest BCUT2D eigenvalue weighted by Crippen LogP contribution is 2.24. The van der Waals surface area contributed by atoms with Gasteiger partial charge in [0.1, 0.15) is 6.04 Å². The van der Waals surface area contributed by atoms with Gasteiger partial charge in [-0.2, -0.15) is 0 Å². The van der Waals surface area contributed by atoms with E-state index in [0.717, 1.165) is 5.69 Å². The maximum Gasteiger partial charge on any atom is 0.244 e. The van der Waals surface area contributed by atoms with Gasteiger partial charge in [0.05, 0.1) is 10.7 Å². The van der Waals surface area contributed by atoms with Crippen molar-refractivity contribution in [2.24, 2.45) is 0 Å². The van der Waals surface area contributed by atoms with E-state index in [0.29, 0.717) is 23.8 Å². The van der Waals surface area contributed by atoms with Crippen LogP contribution in [0.2, 0.25) is 5.02 Å². The smallest absolute Gasteiger partial charge is 0.244 e. The molecule has 1 unspecified atom stereocenters. The Hall–Kier alpha value is -1.42. The van der Waals surface area contributed by atoms with Gasteiger partial charge in [-0.3, -0.25) is 4.79 Å². The molecule has 0 spiro atoms. The molecule has 100 valence electrons. The van der Waals surface area contributed by atoms with E-state index in [4.69, 9.17) is 17.3 Å². The number of amides is 1. The van der Waals surface area contributed by atoms with E-state index < -0.39 is 0 Å². The van der Waals surface area contributed by atoms with Crippen molar-refractivity contribution in [3.8, 4) is 0 Å². The second-order valence-corrected chi connectivity index (χ2v) is 4.52. The molecular weight excluding hydrogens is 250 g/mol. The highest BCUT2D eigenvalue weighted by Gasteiger charge is 2.18. The van der Waals surface area contributed by atoms with Gasteiger partial charge in [-0.05, 0) is 39.0 Å². The zero-order valence-electron chi connectivity index (χ0n) is 11.0. The van der Waals surface area contributed by atoms with Gasteiger partial charge in [-0.1, -0.05) is 11.6 Å². The number of carbonyl (C=O) groups is 1. The maximum absolute atomic E-state index is 12.1. The summed E-state index contributed by atoms with van der Waals surface area (Å²) in [6, 6.07) is 4.89. The van der Waals surface area contributed by atoms with Crippen LogP contribution in [-0.4, -0.2) is 29.9 Å². The molecule has 4 nitrogen and oxygen atoms in total. The van der Waals surface area contributed by atoms with Crippen molar-refractivity contribution in [3.05, 3.63) is 23.2 Å². The molecule has 1 atom stereocenters. The van der Waals surface area contributed by atoms with Gasteiger partial charge in [-0.25, -0.2) is 0 Å². The zero-order chi connectivity index (χ0) is 13.7. The molecular formula is C13H20ClN3O. The van der Waals surface area contributed by atoms with Crippen LogP contribution >= 0.6 is 11.6 Å². The van der Waals surface area contributed by atoms with Crippen LogP contribution in [0.1, 0.15) is 20.8 Å². The van der Waals surface area contributed by atoms with Crippen LogP contribution in [0.4, 0.5) is 11.4 Å². The lowest BCUT2D eigenvalue weighted by atomic mass is 10.2. The molecule has 0 aliphatic rings. The highest BCUT2D eigenvalue weighted by atomic mass is 35.5. The minimum absolute atomic E-state index is 0.0629. The zero-order valence-corrected chi connectivity index (χ0v) is 11.8. The molecule has 0 fully saturated rings. The number of likely N-dealkylation sites (N-methyl/N-ethyl adjacent to an activating group) is 1. The van der Waals surface area contributed by atoms with Crippen LogP contribution < -0.4 is 11.1 Å². The molecule has 0 saturated heterocycles. The number of nitrogens with one attached hydrogen (secondary N) is 1. The second-order valence-electron chi connectivity index (χ2n) is 4.12. The van der Waals surface area contributed by atoms with Crippen molar-refractivity contribution in [3.63, 3.8) is 0 Å². The number of nitrogen functional groups attached to an aromatic ring is 1. The van der Waals surface area contributed by atoms with Gasteiger partial charge < -0.3 is 16.0 Å². The van der Waals surface area contributed by atoms with E-state index in [-0.39, 0.29) is 11.9 Å². The fourth-order valence-corrected chi connectivity index (χ4v) is 2.00. The molecule has 5 heteroatoms. The molecule has 1 amide bonds. The molecule has 3 N–H and O–H groups in total. The molecule has 18 heavy (non-hydrogen) atoms. The quantitative estimate of drug-likeness (QED) is 0.808. The van der Waals surface area contributed by atoms with E-state index in [1.807, 2.05) is 20.8 Å². The normalized spacial score (nSPS) is 12.0. The molecule has 0 bridgehead atoms. The molecule has 0 aliphatic carbocycles. The van der Waals surface area contributed by atoms with Crippen molar-refractivity contribution in [1.29, 1.82) is 0 Å². The third-order valence-corrected chi connectivity index (χ3v) is 3.12. The van der Waals surface area contributed by atoms with Crippen LogP contribution in [0, 0.1) is 0 Å². The van der Waals surface area contributed by atoms with Crippen LogP contribution in [0.3, 0.4) is 0 Å². The van der Waals surface area contributed by atoms with Crippen molar-refractivity contribution >= 4 is 28.9 Å². The van der Waals surface area contributed by atoms with Gasteiger partial charge in [0, 0.05) is 18.8 Å². The Bertz CT molecular complexity index is 419. The number of nitrogens with zero attached hydrogens (tertiary/aromatic N) is 1. The average molecular weight is 270 g/mol. The SMILES string of the molecule is CCN(CC)C(=O)C(C)Nc1ccc(N)cc1Cl. The number of nitrogens with two attached hydrogens (primary N) is 1. The number of halogens is 1. The monoisotopic (exact) mass is 269 g/mol. The summed E-state index contributed by atoms with van der Waals surface area (Å²) in [7, 11) is 0. The number of anilines is 2. The van der Waals surface area contributed by atoms with E-state index in [1.165, 1.54) is 0 Å². The van der Waals surface area contributed by atoms with Gasteiger partial charge in [0.15, 0.2) is 0 Å². The van der Waals surface area contributed by atoms with Gasteiger partial charge >= 0.3 is 0 Å². The molecule has 1 aromatic carbocycles. The summed E-state index contributed by atoms with van der Waals surface area (Å²) >= 11 is 6.06. The summed E-state index contributed by atoms with van der Waals surface area (Å²) in [5.74, 6) is 0.0629. The lowest BCUT2D eigenvalue weighted by molar-refractivity contribution is -0.131. The van der Waals surface area contributed by atoms with Crippen LogP contribution in [0.5, 0.6) is 0 Å². The summed E-state index contributed by atoms with van der Waals surface area (Å²) in [6.45, 7) is 7.16. The second kappa shape index (κ2) is 6.50. The van der Waals surface area contributed by atoms with Gasteiger partial charge in [-0.15, -0.1) is 0 Å². The Balaban J connectivity index is 2.75. The molecule has 0 heterocycles. The summed E-state index contributed by atoms with van der Waals surface area (Å²) in [5, 5.41) is 3.63. The maximum atomic E-state index is 12.1. The molecule has 0 radical (unpaired) electrons. The minimum atomic E-state index is -0.314. The fourth-order valence-electron chi connectivity index (χ4n) is 1.75. The van der Waals surface area contributed by atoms with E-state index in [2.05, 4.69) is 5.32 Å². The van der Waals surface area contributed by atoms with Crippen LogP contribution in [-0.2, 0) is 4.79 Å². The number of benzene rings is 1. The molecule has 1 aromatic rings. The van der Waals surface area contributed by atoms with Crippen molar-refractivity contribution in [2.45, 2.75) is 26.8 Å². The molecule has 0 saturated carbocycles. The largest absolute Gasteiger partial charge is 0.399 e. The fraction of sp³-hybridized carbons (Fsp3) is 0.462. The molecule has 1 rings (SSSR count). The first kappa shape index (κ1) is 14.6. The number of hydrogen-bond acceptors (Lipinski definition) is 3. The number of carbonyl (C=O) groups excluding carboxylic acids is 1. The first-order valence-electron chi connectivity index (χ1n) is 6.09. The molecule has 0 aliphatic heterocycles. The number of hydrogen-bond donors (Lipinski definition) is 2. The Kier molecular flexibility index (Phi) is 5.28. The summed E-state index contributed by atoms with van der Waals surface area (Å²) < 4.78 is 0. The highest BCUT2D eigenvalue weighted by molar-refractivity contribution is 6.33. The summed E-state index contributed by atoms with van der Waals surface area (Å²) in [6.07, 6.45) is 0. The van der Waals surface area contributed by atoms with E-state index >= 15 is 0 Å². The van der Waals surface area contributed by atoms with Gasteiger partial charge in [0.2, 0.25) is 5.91 Å². The first-order valence-corrected chi connectivity index (χ1v) is 6.47. The van der Waals surface area contributed by atoms with Crippen LogP contribution in [0.15, 0.2) is 18.2 Å². The Labute approximate surface area is 113 Å². The van der Waals surface area contributed by atoms with Crippen LogP contribution in [0.25, 0.3) is 0 Å². The molecule has 0 aromatic heterocycles. The van der Waals surface area contributed by atoms with Gasteiger partial charge in [0.25, 0.3) is 0 Å². The van der Waals surface area contributed by atoms with E-state index in [9.17, 15) is 4.79 Å². The van der Waals surface area contributed by atoms with Crippen molar-refractivity contribution in [2.75, 3.05) is 24.1 Å². The Morgan fingerprint density at radius 1 is 1.44 bits per heavy atom. The summed E-state index contributed by atoms with van der Waals surface area (Å²) in [5.41, 5.74) is 6.95. The topological polar surface area (TPSA) is 58.4 Å². The van der Waals surface area contributed by atoms with Crippen molar-refractivity contribution < 1.29 is 4.79 Å². The number of rotatable bonds is 5. The third kappa shape index (κ3) is 3.53. The summed E-state index contributed by atoms with van der Waals surface area (Å²) in [4.78, 5) is 13.9. The Morgan fingerprint density at radius 2 is 2.06 bits per heavy atom. The first-order chi connectivity index (χ1) is 8.49. The predicted molar refractivity (Wildman–Crippen MR) is 76.9 cm³/mol. The third-order valence-electron chi connectivity index (χ3n) is 2.81. The standard InChI is InChI=1S/C13H20ClN3O/c1-4-17(5-2)13(18)9(3)16-12-7-6-10(15)8-11(12)14/h6-9,16H,4-5,15H2,1-3H3. The minimum Gasteiger partial charge on any atom is -0.399 e. The Morgan fingerprint density at radius 3 is 2.56 bits per heavy atom.